The second-order valence-electron chi connectivity index (χ2n) is 0.283. The molecule has 0 aliphatic rings. The minimum absolute atomic E-state index is 1.96. The average molecular weight is 161 g/mol. The molecule has 0 unspecified atom stereocenters. The van der Waals surface area contributed by atoms with Crippen molar-refractivity contribution < 1.29 is 19.0 Å². The Hall–Kier alpha value is -0.248. The van der Waals surface area contributed by atoms with Crippen LogP contribution in [0.15, 0.2) is 3.68 Å². The first kappa shape index (κ1) is 4.75. The Bertz CT molecular complexity index is 61.8. The van der Waals surface area contributed by atoms with E-state index in [4.69, 9.17) is 6.57 Å². The van der Waals surface area contributed by atoms with Gasteiger partial charge in [0.2, 0.25) is 0 Å². The third-order valence-corrected chi connectivity index (χ3v) is 0.237. The van der Waals surface area contributed by atoms with Crippen molar-refractivity contribution in [3.8, 4) is 0 Å². The molecule has 0 aliphatic heterocycles. The minimum atomic E-state index is 1.96. The van der Waals surface area contributed by atoms with Gasteiger partial charge in [0, 0.05) is 0 Å². The molecule has 0 rings (SSSR count). The Morgan fingerprint density at radius 1 is 2.00 bits per heavy atom. The van der Waals surface area contributed by atoms with Gasteiger partial charge in [-0.05, 0) is 0 Å². The monoisotopic (exact) mass is 161 g/mol. The maximum absolute atomic E-state index is 6.00. The van der Waals surface area contributed by atoms with Crippen molar-refractivity contribution in [2.75, 3.05) is 0 Å². The fourth-order valence-electron chi connectivity index (χ4n) is 0.0158. The standard InChI is InChI=1S/CHN3.Pd/c1-3-4-2;/h4H;. The van der Waals surface area contributed by atoms with Crippen molar-refractivity contribution in [3.63, 3.8) is 0 Å². The molecule has 0 fully saturated rings. The van der Waals surface area contributed by atoms with Crippen molar-refractivity contribution in [1.29, 1.82) is 0 Å². The predicted molar refractivity (Wildman–Crippen MR) is 12.2 cm³/mol. The Morgan fingerprint density at radius 2 is 2.60 bits per heavy atom. The van der Waals surface area contributed by atoms with E-state index in [1.807, 2.05) is 5.53 Å². The molecule has 0 aromatic heterocycles. The number of rotatable bonds is 1. The Labute approximate surface area is 40.4 Å². The molecule has 0 saturated carbocycles. The number of nitrogens with zero attached hydrogens (tertiary/aromatic N) is 2. The first-order chi connectivity index (χ1) is 2.41. The van der Waals surface area contributed by atoms with Gasteiger partial charge in [0.05, 0.1) is 0 Å². The van der Waals surface area contributed by atoms with E-state index in [9.17, 15) is 0 Å². The molecule has 0 amide bonds. The van der Waals surface area contributed by atoms with Crippen molar-refractivity contribution in [2.24, 2.45) is 3.68 Å². The van der Waals surface area contributed by atoms with Crippen LogP contribution in [-0.2, 0) is 19.0 Å². The summed E-state index contributed by atoms with van der Waals surface area (Å²) in [6, 6.07) is 0. The molecule has 0 spiro atoms. The van der Waals surface area contributed by atoms with E-state index in [0.29, 0.717) is 0 Å². The van der Waals surface area contributed by atoms with Crippen molar-refractivity contribution in [3.05, 3.63) is 11.5 Å². The van der Waals surface area contributed by atoms with Gasteiger partial charge in [0.25, 0.3) is 0 Å². The van der Waals surface area contributed by atoms with Gasteiger partial charge < -0.3 is 0 Å². The third kappa shape index (κ3) is 3.75. The van der Waals surface area contributed by atoms with Crippen LogP contribution >= 0.6 is 0 Å². The van der Waals surface area contributed by atoms with Crippen LogP contribution < -0.4 is 5.53 Å². The molecule has 3 nitrogen and oxygen atoms in total. The molecule has 5 heavy (non-hydrogen) atoms. The molecule has 1 N–H and O–H groups in total. The third-order valence-electron chi connectivity index (χ3n) is 0.0816. The van der Waals surface area contributed by atoms with Gasteiger partial charge in [-0.2, -0.15) is 0 Å². The van der Waals surface area contributed by atoms with Crippen LogP contribution in [0, 0.1) is 6.57 Å². The molecule has 0 aromatic rings. The summed E-state index contributed by atoms with van der Waals surface area (Å²) in [6.07, 6.45) is 0. The van der Waals surface area contributed by atoms with Crippen LogP contribution in [0.2, 0.25) is 0 Å². The van der Waals surface area contributed by atoms with E-state index >= 15 is 0 Å². The van der Waals surface area contributed by atoms with Crippen LogP contribution in [0.3, 0.4) is 0 Å². The summed E-state index contributed by atoms with van der Waals surface area (Å²) in [6.45, 7) is 6.00. The number of hydrogen-bond acceptors (Lipinski definition) is 2. The van der Waals surface area contributed by atoms with E-state index in [2.05, 4.69) is 27.7 Å². The second-order valence-corrected chi connectivity index (χ2v) is 0.630. The zero-order valence-corrected chi connectivity index (χ0v) is 3.77. The van der Waals surface area contributed by atoms with Gasteiger partial charge in [-0.25, -0.2) is 0 Å². The van der Waals surface area contributed by atoms with Crippen LogP contribution in [0.25, 0.3) is 4.95 Å². The Kier molecular flexibility index (Phi) is 3.57. The molecule has 0 aromatic carbocycles. The Morgan fingerprint density at radius 3 is 2.60 bits per heavy atom. The van der Waals surface area contributed by atoms with Gasteiger partial charge in [0.15, 0.2) is 0 Å². The number of hydrogen-bond donors (Lipinski definition) is 1. The first-order valence-corrected chi connectivity index (χ1v) is 1.51. The summed E-state index contributed by atoms with van der Waals surface area (Å²) in [4.78, 5) is 2.65. The summed E-state index contributed by atoms with van der Waals surface area (Å²) >= 11 is 2.39. The summed E-state index contributed by atoms with van der Waals surface area (Å²) in [7, 11) is 0. The van der Waals surface area contributed by atoms with Gasteiger partial charge in [0.1, 0.15) is 0 Å². The van der Waals surface area contributed by atoms with E-state index in [1.165, 1.54) is 0 Å². The fraction of sp³-hybridized carbons (Fsp3) is 0. The predicted octanol–water partition coefficient (Wildman–Crippen LogP) is 0.0557. The van der Waals surface area contributed by atoms with Crippen LogP contribution in [0.5, 0.6) is 0 Å². The number of nitrogens with one attached hydrogen (secondary N) is 1. The summed E-state index contributed by atoms with van der Waals surface area (Å²) in [5.74, 6) is 0. The van der Waals surface area contributed by atoms with Crippen molar-refractivity contribution in [2.45, 2.75) is 0 Å². The summed E-state index contributed by atoms with van der Waals surface area (Å²) in [5.41, 5.74) is 1.96. The summed E-state index contributed by atoms with van der Waals surface area (Å²) in [5, 5.41) is 0. The van der Waals surface area contributed by atoms with Gasteiger partial charge in [-0.3, -0.25) is 0 Å². The summed E-state index contributed by atoms with van der Waals surface area (Å²) < 4.78 is 3.10. The molecule has 30 valence electrons. The first-order valence-electron chi connectivity index (χ1n) is 0.812. The van der Waals surface area contributed by atoms with Crippen LogP contribution in [-0.4, -0.2) is 0 Å². The maximum atomic E-state index is 6.00. The average Bonchev–Trinajstić information content (AvgIpc) is 1.41. The van der Waals surface area contributed by atoms with E-state index in [0.717, 1.165) is 0 Å². The van der Waals surface area contributed by atoms with Crippen molar-refractivity contribution >= 4 is 0 Å². The molecule has 4 heteroatoms. The topological polar surface area (TPSA) is 28.8 Å². The molecule has 0 aliphatic carbocycles. The van der Waals surface area contributed by atoms with E-state index < -0.39 is 0 Å². The zero-order valence-electron chi connectivity index (χ0n) is 2.21. The van der Waals surface area contributed by atoms with E-state index in [-0.39, 0.29) is 0 Å². The molecule has 0 saturated heterocycles. The second kappa shape index (κ2) is 3.75. The Balaban J connectivity index is 2.75. The molecule has 0 bridgehead atoms. The molecule has 0 atom stereocenters. The SMILES string of the molecule is [C-]#[N+]N[N]=[Pd]. The van der Waals surface area contributed by atoms with E-state index in [1.54, 1.807) is 0 Å². The van der Waals surface area contributed by atoms with Crippen LogP contribution in [0.4, 0.5) is 0 Å². The zero-order chi connectivity index (χ0) is 4.12. The van der Waals surface area contributed by atoms with Crippen LogP contribution in [0.1, 0.15) is 0 Å². The van der Waals surface area contributed by atoms with Gasteiger partial charge in [-0.1, -0.05) is 0 Å². The normalized spacial score (nSPS) is 5.00. The molecular weight excluding hydrogens is 160 g/mol. The molecule has 0 heterocycles. The molecular formula is CHN3Pd. The quantitative estimate of drug-likeness (QED) is 0.329. The molecule has 0 radical (unpaired) electrons. The van der Waals surface area contributed by atoms with Gasteiger partial charge >= 0.3 is 39.8 Å². The van der Waals surface area contributed by atoms with Crippen molar-refractivity contribution in [1.82, 2.24) is 5.53 Å². The van der Waals surface area contributed by atoms with Gasteiger partial charge in [-0.15, -0.1) is 0 Å². The fourth-order valence-corrected chi connectivity index (χ4v) is 0.0935.